The number of nitrogens with one attached hydrogen (secondary N) is 2. The number of pyridine rings is 1. The van der Waals surface area contributed by atoms with Gasteiger partial charge in [-0.2, -0.15) is 13.2 Å². The van der Waals surface area contributed by atoms with Gasteiger partial charge in [0.05, 0.1) is 11.1 Å². The number of aryl methyl sites for hydroxylation is 1. The standard InChI is InChI=1S/C36H33F4N5O/c1-23-3-4-26(35(46)42-30-10-5-27(32(21-30)36(38,39)40)22-45-17-15-44(2)16-18-45)20-31(23)24-6-13-33-25(19-24)7-14-34(43-33)41-29-11-8-28(37)9-12-29/h3-14,19-21H,15-18,22H2,1-2H3,(H,41,43)(H,42,46). The predicted octanol–water partition coefficient (Wildman–Crippen LogP) is 8.11. The van der Waals surface area contributed by atoms with Crippen LogP contribution in [0.25, 0.3) is 22.0 Å². The Balaban J connectivity index is 1.20. The Kier molecular flexibility index (Phi) is 8.75. The number of likely N-dealkylation sites (N-methyl/N-ethyl adjacent to an activating group) is 1. The molecule has 2 N–H and O–H groups in total. The third-order valence-electron chi connectivity index (χ3n) is 8.28. The van der Waals surface area contributed by atoms with Crippen molar-refractivity contribution in [1.29, 1.82) is 0 Å². The summed E-state index contributed by atoms with van der Waals surface area (Å²) in [5.41, 5.74) is 3.95. The SMILES string of the molecule is Cc1ccc(C(=O)Nc2ccc(CN3CCN(C)CC3)c(C(F)(F)F)c2)cc1-c1ccc2nc(Nc3ccc(F)cc3)ccc2c1. The van der Waals surface area contributed by atoms with E-state index in [4.69, 9.17) is 0 Å². The van der Waals surface area contributed by atoms with Crippen LogP contribution in [0.2, 0.25) is 0 Å². The monoisotopic (exact) mass is 627 g/mol. The summed E-state index contributed by atoms with van der Waals surface area (Å²) in [4.78, 5) is 22.1. The van der Waals surface area contributed by atoms with Crippen LogP contribution < -0.4 is 10.6 Å². The highest BCUT2D eigenvalue weighted by atomic mass is 19.4. The number of carbonyl (C=O) groups is 1. The number of alkyl halides is 3. The highest BCUT2D eigenvalue weighted by Crippen LogP contribution is 2.35. The molecule has 0 unspecified atom stereocenters. The zero-order chi connectivity index (χ0) is 32.4. The normalized spacial score (nSPS) is 14.4. The fraction of sp³-hybridized carbons (Fsp3) is 0.222. The summed E-state index contributed by atoms with van der Waals surface area (Å²) < 4.78 is 55.5. The first kappa shape index (κ1) is 31.2. The van der Waals surface area contributed by atoms with Crippen LogP contribution in [0.4, 0.5) is 34.8 Å². The molecule has 1 aliphatic heterocycles. The number of fused-ring (bicyclic) bond motifs is 1. The molecular formula is C36H33F4N5O. The number of carbonyl (C=O) groups excluding carboxylic acids is 1. The van der Waals surface area contributed by atoms with E-state index in [0.717, 1.165) is 46.7 Å². The molecule has 0 bridgehead atoms. The number of benzene rings is 4. The lowest BCUT2D eigenvalue weighted by atomic mass is 9.96. The van der Waals surface area contributed by atoms with Gasteiger partial charge in [-0.05, 0) is 109 Å². The van der Waals surface area contributed by atoms with Crippen molar-refractivity contribution in [2.75, 3.05) is 43.9 Å². The molecule has 1 saturated heterocycles. The average Bonchev–Trinajstić information content (AvgIpc) is 3.03. The molecule has 1 amide bonds. The first-order valence-electron chi connectivity index (χ1n) is 15.0. The summed E-state index contributed by atoms with van der Waals surface area (Å²) in [7, 11) is 2.00. The van der Waals surface area contributed by atoms with Crippen LogP contribution in [0, 0.1) is 12.7 Å². The summed E-state index contributed by atoms with van der Waals surface area (Å²) in [5, 5.41) is 6.71. The van der Waals surface area contributed by atoms with Gasteiger partial charge in [-0.15, -0.1) is 0 Å². The lowest BCUT2D eigenvalue weighted by molar-refractivity contribution is -0.138. The number of aromatic nitrogens is 1. The van der Waals surface area contributed by atoms with Gasteiger partial charge in [-0.25, -0.2) is 9.37 Å². The number of rotatable bonds is 7. The molecule has 236 valence electrons. The molecule has 0 spiro atoms. The second-order valence-corrected chi connectivity index (χ2v) is 11.7. The van der Waals surface area contributed by atoms with E-state index in [1.165, 1.54) is 24.3 Å². The number of anilines is 3. The fourth-order valence-electron chi connectivity index (χ4n) is 5.62. The van der Waals surface area contributed by atoms with Crippen molar-refractivity contribution in [3.8, 4) is 11.1 Å². The van der Waals surface area contributed by atoms with Crippen molar-refractivity contribution in [2.24, 2.45) is 0 Å². The molecule has 0 aliphatic carbocycles. The van der Waals surface area contributed by atoms with Crippen LogP contribution in [-0.4, -0.2) is 53.9 Å². The Morgan fingerprint density at radius 2 is 1.59 bits per heavy atom. The molecule has 1 aromatic heterocycles. The highest BCUT2D eigenvalue weighted by Gasteiger charge is 2.34. The van der Waals surface area contributed by atoms with E-state index in [2.05, 4.69) is 20.5 Å². The quantitative estimate of drug-likeness (QED) is 0.179. The number of hydrogen-bond acceptors (Lipinski definition) is 5. The minimum atomic E-state index is -4.55. The van der Waals surface area contributed by atoms with Gasteiger partial charge < -0.3 is 15.5 Å². The Morgan fingerprint density at radius 1 is 0.848 bits per heavy atom. The molecule has 5 aromatic rings. The molecule has 0 saturated carbocycles. The van der Waals surface area contributed by atoms with Gasteiger partial charge in [0.2, 0.25) is 0 Å². The van der Waals surface area contributed by atoms with E-state index in [-0.39, 0.29) is 23.6 Å². The molecular weight excluding hydrogens is 594 g/mol. The molecule has 2 heterocycles. The van der Waals surface area contributed by atoms with E-state index in [1.807, 2.05) is 55.3 Å². The molecule has 6 rings (SSSR count). The summed E-state index contributed by atoms with van der Waals surface area (Å²) in [6, 6.07) is 24.8. The first-order chi connectivity index (χ1) is 22.0. The Morgan fingerprint density at radius 3 is 2.33 bits per heavy atom. The van der Waals surface area contributed by atoms with Gasteiger partial charge in [-0.3, -0.25) is 9.69 Å². The van der Waals surface area contributed by atoms with Gasteiger partial charge in [0.25, 0.3) is 5.91 Å². The minimum absolute atomic E-state index is 0.0865. The van der Waals surface area contributed by atoms with Crippen LogP contribution in [0.5, 0.6) is 0 Å². The molecule has 4 aromatic carbocycles. The number of nitrogens with zero attached hydrogens (tertiary/aromatic N) is 3. The number of piperazine rings is 1. The van der Waals surface area contributed by atoms with Gasteiger partial charge in [0.1, 0.15) is 11.6 Å². The minimum Gasteiger partial charge on any atom is -0.340 e. The summed E-state index contributed by atoms with van der Waals surface area (Å²) in [5.74, 6) is -0.203. The van der Waals surface area contributed by atoms with Crippen molar-refractivity contribution < 1.29 is 22.4 Å². The maximum absolute atomic E-state index is 14.1. The molecule has 6 nitrogen and oxygen atoms in total. The van der Waals surface area contributed by atoms with Crippen molar-refractivity contribution in [3.05, 3.63) is 119 Å². The van der Waals surface area contributed by atoms with Gasteiger partial charge in [0, 0.05) is 55.0 Å². The third kappa shape index (κ3) is 7.19. The van der Waals surface area contributed by atoms with Gasteiger partial charge >= 0.3 is 6.18 Å². The van der Waals surface area contributed by atoms with Crippen molar-refractivity contribution >= 4 is 34.0 Å². The molecule has 0 atom stereocenters. The van der Waals surface area contributed by atoms with Gasteiger partial charge in [0.15, 0.2) is 0 Å². The van der Waals surface area contributed by atoms with E-state index in [1.54, 1.807) is 24.3 Å². The lowest BCUT2D eigenvalue weighted by Gasteiger charge is -2.33. The molecule has 10 heteroatoms. The fourth-order valence-corrected chi connectivity index (χ4v) is 5.62. The van der Waals surface area contributed by atoms with E-state index >= 15 is 0 Å². The predicted molar refractivity (Wildman–Crippen MR) is 174 cm³/mol. The number of hydrogen-bond donors (Lipinski definition) is 2. The zero-order valence-corrected chi connectivity index (χ0v) is 25.5. The van der Waals surface area contributed by atoms with Gasteiger partial charge in [-0.1, -0.05) is 18.2 Å². The summed E-state index contributed by atoms with van der Waals surface area (Å²) in [6.45, 7) is 5.15. The van der Waals surface area contributed by atoms with E-state index in [9.17, 15) is 22.4 Å². The van der Waals surface area contributed by atoms with Crippen LogP contribution in [0.15, 0.2) is 91.0 Å². The third-order valence-corrected chi connectivity index (χ3v) is 8.28. The maximum atomic E-state index is 14.1. The zero-order valence-electron chi connectivity index (χ0n) is 25.5. The Bertz CT molecular complexity index is 1880. The molecule has 0 radical (unpaired) electrons. The van der Waals surface area contributed by atoms with Crippen LogP contribution >= 0.6 is 0 Å². The molecule has 46 heavy (non-hydrogen) atoms. The Labute approximate surface area is 264 Å². The molecule has 1 aliphatic rings. The number of amides is 1. The molecule has 1 fully saturated rings. The van der Waals surface area contributed by atoms with Crippen LogP contribution in [-0.2, 0) is 12.7 Å². The van der Waals surface area contributed by atoms with E-state index < -0.39 is 17.6 Å². The lowest BCUT2D eigenvalue weighted by Crippen LogP contribution is -2.44. The smallest absolute Gasteiger partial charge is 0.340 e. The Hall–Kier alpha value is -4.80. The summed E-state index contributed by atoms with van der Waals surface area (Å²) >= 11 is 0. The maximum Gasteiger partial charge on any atom is 0.416 e. The second kappa shape index (κ2) is 12.9. The summed E-state index contributed by atoms with van der Waals surface area (Å²) in [6.07, 6.45) is -4.55. The van der Waals surface area contributed by atoms with E-state index in [0.29, 0.717) is 30.2 Å². The topological polar surface area (TPSA) is 60.5 Å². The van der Waals surface area contributed by atoms with Crippen LogP contribution in [0.3, 0.4) is 0 Å². The first-order valence-corrected chi connectivity index (χ1v) is 15.0. The van der Waals surface area contributed by atoms with Crippen molar-refractivity contribution in [1.82, 2.24) is 14.8 Å². The van der Waals surface area contributed by atoms with Crippen molar-refractivity contribution in [3.63, 3.8) is 0 Å². The largest absolute Gasteiger partial charge is 0.416 e. The van der Waals surface area contributed by atoms with Crippen molar-refractivity contribution in [2.45, 2.75) is 19.6 Å². The second-order valence-electron chi connectivity index (χ2n) is 11.7. The highest BCUT2D eigenvalue weighted by molar-refractivity contribution is 6.05. The van der Waals surface area contributed by atoms with Crippen LogP contribution in [0.1, 0.15) is 27.0 Å². The average molecular weight is 628 g/mol. The number of halogens is 4.